The van der Waals surface area contributed by atoms with Crippen LogP contribution in [0.3, 0.4) is 0 Å². The topological polar surface area (TPSA) is 24.9 Å². The summed E-state index contributed by atoms with van der Waals surface area (Å²) in [4.78, 5) is 4.55. The van der Waals surface area contributed by atoms with Crippen LogP contribution in [-0.4, -0.2) is 17.6 Å². The predicted molar refractivity (Wildman–Crippen MR) is 74.2 cm³/mol. The summed E-state index contributed by atoms with van der Waals surface area (Å²) >= 11 is 0. The van der Waals surface area contributed by atoms with Gasteiger partial charge in [-0.05, 0) is 30.0 Å². The van der Waals surface area contributed by atoms with Gasteiger partial charge in [0, 0.05) is 24.4 Å². The number of aromatic nitrogens is 1. The summed E-state index contributed by atoms with van der Waals surface area (Å²) in [6.45, 7) is 12.2. The standard InChI is InChI=1S/C15H26N2/c1-6-12-8-9-13(17-11-12)10-14(16-7-2)15(3,4)5/h8-9,11,14,16H,6-7,10H2,1-5H3. The highest BCUT2D eigenvalue weighted by atomic mass is 14.9. The summed E-state index contributed by atoms with van der Waals surface area (Å²) in [5.41, 5.74) is 2.76. The number of hydrogen-bond acceptors (Lipinski definition) is 2. The summed E-state index contributed by atoms with van der Waals surface area (Å²) in [6, 6.07) is 4.83. The highest BCUT2D eigenvalue weighted by molar-refractivity contribution is 5.15. The fraction of sp³-hybridized carbons (Fsp3) is 0.667. The molecule has 1 aromatic rings. The van der Waals surface area contributed by atoms with Crippen molar-refractivity contribution in [2.75, 3.05) is 6.54 Å². The van der Waals surface area contributed by atoms with Gasteiger partial charge in [-0.1, -0.05) is 40.7 Å². The van der Waals surface area contributed by atoms with Gasteiger partial charge in [0.2, 0.25) is 0 Å². The largest absolute Gasteiger partial charge is 0.313 e. The summed E-state index contributed by atoms with van der Waals surface area (Å²) in [5.74, 6) is 0. The van der Waals surface area contributed by atoms with Gasteiger partial charge in [0.15, 0.2) is 0 Å². The lowest BCUT2D eigenvalue weighted by Gasteiger charge is -2.31. The Bertz CT molecular complexity index is 322. The highest BCUT2D eigenvalue weighted by Gasteiger charge is 2.24. The van der Waals surface area contributed by atoms with Gasteiger partial charge in [-0.25, -0.2) is 0 Å². The molecule has 0 aliphatic rings. The first-order valence-corrected chi connectivity index (χ1v) is 6.64. The number of rotatable bonds is 5. The second kappa shape index (κ2) is 6.15. The van der Waals surface area contributed by atoms with Crippen LogP contribution in [0.5, 0.6) is 0 Å². The maximum atomic E-state index is 4.55. The molecule has 1 unspecified atom stereocenters. The van der Waals surface area contributed by atoms with Crippen LogP contribution in [0.4, 0.5) is 0 Å². The van der Waals surface area contributed by atoms with Crippen LogP contribution in [0.15, 0.2) is 18.3 Å². The van der Waals surface area contributed by atoms with Crippen LogP contribution in [-0.2, 0) is 12.8 Å². The molecule has 1 N–H and O–H groups in total. The van der Waals surface area contributed by atoms with Crippen molar-refractivity contribution in [2.45, 2.75) is 53.5 Å². The van der Waals surface area contributed by atoms with Crippen molar-refractivity contribution >= 4 is 0 Å². The van der Waals surface area contributed by atoms with E-state index < -0.39 is 0 Å². The number of nitrogens with one attached hydrogen (secondary N) is 1. The maximum absolute atomic E-state index is 4.55. The maximum Gasteiger partial charge on any atom is 0.0419 e. The van der Waals surface area contributed by atoms with Crippen molar-refractivity contribution in [3.05, 3.63) is 29.6 Å². The van der Waals surface area contributed by atoms with E-state index in [1.165, 1.54) is 11.3 Å². The molecule has 0 amide bonds. The molecule has 96 valence electrons. The van der Waals surface area contributed by atoms with E-state index in [4.69, 9.17) is 0 Å². The fourth-order valence-electron chi connectivity index (χ4n) is 1.93. The quantitative estimate of drug-likeness (QED) is 0.846. The SMILES string of the molecule is CCNC(Cc1ccc(CC)cn1)C(C)(C)C. The molecule has 0 spiro atoms. The Balaban J connectivity index is 2.72. The molecular formula is C15H26N2. The third-order valence-corrected chi connectivity index (χ3v) is 3.20. The number of hydrogen-bond donors (Lipinski definition) is 1. The van der Waals surface area contributed by atoms with E-state index in [0.29, 0.717) is 6.04 Å². The van der Waals surface area contributed by atoms with Crippen LogP contribution in [0, 0.1) is 5.41 Å². The minimum atomic E-state index is 0.265. The van der Waals surface area contributed by atoms with E-state index in [1.807, 2.05) is 6.20 Å². The van der Waals surface area contributed by atoms with E-state index in [-0.39, 0.29) is 5.41 Å². The first-order valence-electron chi connectivity index (χ1n) is 6.64. The summed E-state index contributed by atoms with van der Waals surface area (Å²) in [7, 11) is 0. The average molecular weight is 234 g/mol. The monoisotopic (exact) mass is 234 g/mol. The molecule has 0 aliphatic carbocycles. The summed E-state index contributed by atoms with van der Waals surface area (Å²) in [6.07, 6.45) is 4.06. The van der Waals surface area contributed by atoms with Gasteiger partial charge in [-0.15, -0.1) is 0 Å². The van der Waals surface area contributed by atoms with Crippen molar-refractivity contribution in [3.8, 4) is 0 Å². The van der Waals surface area contributed by atoms with Crippen molar-refractivity contribution in [1.29, 1.82) is 0 Å². The van der Waals surface area contributed by atoms with Crippen LogP contribution in [0.1, 0.15) is 45.9 Å². The highest BCUT2D eigenvalue weighted by Crippen LogP contribution is 2.22. The lowest BCUT2D eigenvalue weighted by Crippen LogP contribution is -2.42. The second-order valence-corrected chi connectivity index (χ2v) is 5.69. The molecular weight excluding hydrogens is 208 g/mol. The van der Waals surface area contributed by atoms with E-state index in [0.717, 1.165) is 19.4 Å². The van der Waals surface area contributed by atoms with Crippen molar-refractivity contribution in [2.24, 2.45) is 5.41 Å². The molecule has 1 aromatic heterocycles. The Labute approximate surface area is 106 Å². The number of nitrogens with zero attached hydrogens (tertiary/aromatic N) is 1. The summed E-state index contributed by atoms with van der Waals surface area (Å²) < 4.78 is 0. The Morgan fingerprint density at radius 3 is 2.35 bits per heavy atom. The van der Waals surface area contributed by atoms with E-state index in [2.05, 4.69) is 57.1 Å². The zero-order valence-electron chi connectivity index (χ0n) is 11.9. The molecule has 0 aliphatic heterocycles. The first kappa shape index (κ1) is 14.2. The molecule has 0 bridgehead atoms. The Morgan fingerprint density at radius 1 is 1.24 bits per heavy atom. The Kier molecular flexibility index (Phi) is 5.13. The lowest BCUT2D eigenvalue weighted by molar-refractivity contribution is 0.268. The molecule has 2 nitrogen and oxygen atoms in total. The molecule has 2 heteroatoms. The minimum Gasteiger partial charge on any atom is -0.313 e. The second-order valence-electron chi connectivity index (χ2n) is 5.69. The zero-order valence-corrected chi connectivity index (χ0v) is 11.9. The number of likely N-dealkylation sites (N-methyl/N-ethyl adjacent to an activating group) is 1. The first-order chi connectivity index (χ1) is 7.97. The molecule has 17 heavy (non-hydrogen) atoms. The van der Waals surface area contributed by atoms with E-state index in [9.17, 15) is 0 Å². The van der Waals surface area contributed by atoms with Crippen molar-refractivity contribution in [3.63, 3.8) is 0 Å². The number of aryl methyl sites for hydroxylation is 1. The molecule has 1 atom stereocenters. The van der Waals surface area contributed by atoms with Crippen LogP contribution >= 0.6 is 0 Å². The van der Waals surface area contributed by atoms with Crippen LogP contribution < -0.4 is 5.32 Å². The van der Waals surface area contributed by atoms with Crippen LogP contribution in [0.25, 0.3) is 0 Å². The van der Waals surface area contributed by atoms with Gasteiger partial charge in [0.1, 0.15) is 0 Å². The Morgan fingerprint density at radius 2 is 1.94 bits per heavy atom. The van der Waals surface area contributed by atoms with Gasteiger partial charge < -0.3 is 5.32 Å². The van der Waals surface area contributed by atoms with Gasteiger partial charge in [0.25, 0.3) is 0 Å². The minimum absolute atomic E-state index is 0.265. The third-order valence-electron chi connectivity index (χ3n) is 3.20. The summed E-state index contributed by atoms with van der Waals surface area (Å²) in [5, 5.41) is 3.56. The van der Waals surface area contributed by atoms with Crippen LogP contribution in [0.2, 0.25) is 0 Å². The average Bonchev–Trinajstić information content (AvgIpc) is 2.28. The predicted octanol–water partition coefficient (Wildman–Crippen LogP) is 3.21. The zero-order chi connectivity index (χ0) is 12.9. The van der Waals surface area contributed by atoms with Gasteiger partial charge in [-0.3, -0.25) is 4.98 Å². The van der Waals surface area contributed by atoms with E-state index in [1.54, 1.807) is 0 Å². The molecule has 1 heterocycles. The Hall–Kier alpha value is -0.890. The molecule has 0 radical (unpaired) electrons. The normalized spacial score (nSPS) is 13.7. The van der Waals surface area contributed by atoms with E-state index >= 15 is 0 Å². The molecule has 0 fully saturated rings. The smallest absolute Gasteiger partial charge is 0.0419 e. The van der Waals surface area contributed by atoms with Crippen molar-refractivity contribution in [1.82, 2.24) is 10.3 Å². The lowest BCUT2D eigenvalue weighted by atomic mass is 9.84. The third kappa shape index (κ3) is 4.47. The fourth-order valence-corrected chi connectivity index (χ4v) is 1.93. The van der Waals surface area contributed by atoms with Gasteiger partial charge >= 0.3 is 0 Å². The van der Waals surface area contributed by atoms with Crippen molar-refractivity contribution < 1.29 is 0 Å². The number of pyridine rings is 1. The molecule has 0 saturated carbocycles. The molecule has 0 saturated heterocycles. The molecule has 1 rings (SSSR count). The van der Waals surface area contributed by atoms with Gasteiger partial charge in [0.05, 0.1) is 0 Å². The molecule has 0 aromatic carbocycles. The van der Waals surface area contributed by atoms with Gasteiger partial charge in [-0.2, -0.15) is 0 Å².